The normalized spacial score (nSPS) is 10.5. The van der Waals surface area contributed by atoms with Gasteiger partial charge in [-0.3, -0.25) is 10.1 Å². The van der Waals surface area contributed by atoms with Crippen LogP contribution < -0.4 is 9.88 Å². The molecule has 0 aliphatic carbocycles. The fourth-order valence-electron chi connectivity index (χ4n) is 2.01. The van der Waals surface area contributed by atoms with Gasteiger partial charge >= 0.3 is 0 Å². The topological polar surface area (TPSA) is 84.2 Å². The first-order valence-electron chi connectivity index (χ1n) is 6.83. The first kappa shape index (κ1) is 15.0. The van der Waals surface area contributed by atoms with Crippen LogP contribution in [0.15, 0.2) is 43.0 Å². The molecule has 2 N–H and O–H groups in total. The molecule has 1 aromatic carbocycles. The molecule has 0 saturated carbocycles. The maximum atomic E-state index is 10.5. The fourth-order valence-corrected chi connectivity index (χ4v) is 2.01. The molecule has 0 bridgehead atoms. The Morgan fingerprint density at radius 1 is 1.33 bits per heavy atom. The summed E-state index contributed by atoms with van der Waals surface area (Å²) in [6.45, 7) is 2.40. The van der Waals surface area contributed by atoms with Crippen molar-refractivity contribution >= 4 is 11.4 Å². The van der Waals surface area contributed by atoms with E-state index in [1.54, 1.807) is 12.1 Å². The highest BCUT2D eigenvalue weighted by molar-refractivity contribution is 5.48. The summed E-state index contributed by atoms with van der Waals surface area (Å²) < 4.78 is 4.00. The quantitative estimate of drug-likeness (QED) is 0.331. The van der Waals surface area contributed by atoms with E-state index in [1.807, 2.05) is 23.3 Å². The number of hydrogen-bond acceptors (Lipinski definition) is 4. The Hall–Kier alpha value is -2.41. The lowest BCUT2D eigenvalue weighted by atomic mass is 10.3. The second kappa shape index (κ2) is 7.39. The van der Waals surface area contributed by atoms with Crippen LogP contribution in [0.4, 0.5) is 11.4 Å². The Bertz CT molecular complexity index is 580. The first-order valence-corrected chi connectivity index (χ1v) is 6.83. The average Bonchev–Trinajstić information content (AvgIpc) is 2.92. The number of non-ortho nitro benzene ring substituents is 1. The minimum absolute atomic E-state index is 0.0985. The molecule has 0 atom stereocenters. The van der Waals surface area contributed by atoms with Crippen LogP contribution >= 0.6 is 0 Å². The van der Waals surface area contributed by atoms with Crippen molar-refractivity contribution in [2.45, 2.75) is 19.5 Å². The number of aliphatic hydroxyl groups is 1. The molecule has 0 saturated heterocycles. The molecule has 7 heteroatoms. The highest BCUT2D eigenvalue weighted by Gasteiger charge is 2.04. The molecule has 0 spiro atoms. The van der Waals surface area contributed by atoms with Crippen molar-refractivity contribution in [3.05, 3.63) is 53.1 Å². The summed E-state index contributed by atoms with van der Waals surface area (Å²) >= 11 is 0. The number of nitro benzene ring substituents is 1. The lowest BCUT2D eigenvalue weighted by Gasteiger charge is -2.04. The molecule has 21 heavy (non-hydrogen) atoms. The van der Waals surface area contributed by atoms with Crippen molar-refractivity contribution < 1.29 is 14.6 Å². The molecule has 0 fully saturated rings. The number of rotatable bonds is 8. The van der Waals surface area contributed by atoms with Crippen molar-refractivity contribution in [3.63, 3.8) is 0 Å². The lowest BCUT2D eigenvalue weighted by molar-refractivity contribution is -0.696. The van der Waals surface area contributed by atoms with Crippen molar-refractivity contribution in [1.82, 2.24) is 4.57 Å². The van der Waals surface area contributed by atoms with Crippen molar-refractivity contribution in [2.75, 3.05) is 18.5 Å². The van der Waals surface area contributed by atoms with Crippen LogP contribution in [0.25, 0.3) is 0 Å². The SMILES string of the molecule is O=[N+]([O-])c1ccc(NCCC[n+]2ccn(CCO)c2)cc1. The number of imidazole rings is 1. The van der Waals surface area contributed by atoms with Gasteiger partial charge in [-0.25, -0.2) is 9.13 Å². The zero-order valence-corrected chi connectivity index (χ0v) is 11.7. The summed E-state index contributed by atoms with van der Waals surface area (Å²) in [4.78, 5) is 10.1. The van der Waals surface area contributed by atoms with Gasteiger partial charge < -0.3 is 10.4 Å². The summed E-state index contributed by atoms with van der Waals surface area (Å²) in [7, 11) is 0. The second-order valence-electron chi connectivity index (χ2n) is 4.70. The van der Waals surface area contributed by atoms with E-state index >= 15 is 0 Å². The van der Waals surface area contributed by atoms with E-state index in [1.165, 1.54) is 12.1 Å². The van der Waals surface area contributed by atoms with Gasteiger partial charge in [0.2, 0.25) is 6.33 Å². The van der Waals surface area contributed by atoms with E-state index in [0.717, 1.165) is 25.2 Å². The Morgan fingerprint density at radius 2 is 2.10 bits per heavy atom. The zero-order valence-electron chi connectivity index (χ0n) is 11.7. The standard InChI is InChI=1S/C14H19N4O3/c19-11-10-17-9-8-16(12-17)7-1-6-15-13-2-4-14(5-3-13)18(20)21/h2-5,8-9,12,15,19H,1,6-7,10-11H2/q+1. The number of aryl methyl sites for hydroxylation is 1. The maximum absolute atomic E-state index is 10.5. The highest BCUT2D eigenvalue weighted by atomic mass is 16.6. The van der Waals surface area contributed by atoms with Crippen LogP contribution in [0.5, 0.6) is 0 Å². The molecule has 1 aromatic heterocycles. The van der Waals surface area contributed by atoms with Gasteiger partial charge in [0, 0.05) is 30.8 Å². The van der Waals surface area contributed by atoms with Gasteiger partial charge in [-0.15, -0.1) is 0 Å². The molecule has 2 aromatic rings. The predicted molar refractivity (Wildman–Crippen MR) is 77.9 cm³/mol. The summed E-state index contributed by atoms with van der Waals surface area (Å²) in [5.41, 5.74) is 0.977. The van der Waals surface area contributed by atoms with Gasteiger partial charge in [0.05, 0.1) is 18.1 Å². The number of nitro groups is 1. The smallest absolute Gasteiger partial charge is 0.269 e. The number of aliphatic hydroxyl groups excluding tert-OH is 1. The van der Waals surface area contributed by atoms with Crippen molar-refractivity contribution in [1.29, 1.82) is 0 Å². The summed E-state index contributed by atoms with van der Waals surface area (Å²) in [6.07, 6.45) is 6.80. The van der Waals surface area contributed by atoms with Crippen LogP contribution in [0.2, 0.25) is 0 Å². The molecule has 0 aliphatic rings. The average molecular weight is 291 g/mol. The summed E-state index contributed by atoms with van der Waals surface area (Å²) in [6, 6.07) is 6.41. The molecule has 0 aliphatic heterocycles. The number of nitrogens with one attached hydrogen (secondary N) is 1. The molecule has 2 rings (SSSR count). The van der Waals surface area contributed by atoms with Crippen LogP contribution in [-0.2, 0) is 13.1 Å². The number of nitrogens with zero attached hydrogens (tertiary/aromatic N) is 3. The number of benzene rings is 1. The Morgan fingerprint density at radius 3 is 2.76 bits per heavy atom. The Balaban J connectivity index is 1.72. The monoisotopic (exact) mass is 291 g/mol. The van der Waals surface area contributed by atoms with Crippen LogP contribution in [0.1, 0.15) is 6.42 Å². The Labute approximate surface area is 122 Å². The molecular weight excluding hydrogens is 272 g/mol. The van der Waals surface area contributed by atoms with E-state index in [2.05, 4.69) is 9.88 Å². The van der Waals surface area contributed by atoms with Gasteiger partial charge in [-0.2, -0.15) is 0 Å². The number of anilines is 1. The van der Waals surface area contributed by atoms with Gasteiger partial charge in [0.25, 0.3) is 5.69 Å². The van der Waals surface area contributed by atoms with Crippen molar-refractivity contribution in [3.8, 4) is 0 Å². The van der Waals surface area contributed by atoms with E-state index in [4.69, 9.17) is 5.11 Å². The largest absolute Gasteiger partial charge is 0.392 e. The lowest BCUT2D eigenvalue weighted by Crippen LogP contribution is -2.32. The van der Waals surface area contributed by atoms with E-state index in [9.17, 15) is 10.1 Å². The highest BCUT2D eigenvalue weighted by Crippen LogP contribution is 2.15. The second-order valence-corrected chi connectivity index (χ2v) is 4.70. The van der Waals surface area contributed by atoms with Gasteiger partial charge in [0.15, 0.2) is 0 Å². The minimum Gasteiger partial charge on any atom is -0.392 e. The minimum atomic E-state index is -0.405. The number of aromatic nitrogens is 2. The third kappa shape index (κ3) is 4.57. The Kier molecular flexibility index (Phi) is 5.28. The molecule has 7 nitrogen and oxygen atoms in total. The van der Waals surface area contributed by atoms with Crippen LogP contribution in [0, 0.1) is 10.1 Å². The van der Waals surface area contributed by atoms with Crippen LogP contribution in [-0.4, -0.2) is 27.7 Å². The molecule has 0 unspecified atom stereocenters. The first-order chi connectivity index (χ1) is 10.2. The maximum Gasteiger partial charge on any atom is 0.269 e. The molecule has 0 amide bonds. The van der Waals surface area contributed by atoms with Gasteiger partial charge in [-0.1, -0.05) is 0 Å². The van der Waals surface area contributed by atoms with Gasteiger partial charge in [0.1, 0.15) is 18.9 Å². The van der Waals surface area contributed by atoms with Gasteiger partial charge in [-0.05, 0) is 12.1 Å². The predicted octanol–water partition coefficient (Wildman–Crippen LogP) is 1.18. The fraction of sp³-hybridized carbons (Fsp3) is 0.357. The molecule has 0 radical (unpaired) electrons. The third-order valence-electron chi connectivity index (χ3n) is 3.10. The van der Waals surface area contributed by atoms with E-state index in [0.29, 0.717) is 6.54 Å². The van der Waals surface area contributed by atoms with E-state index in [-0.39, 0.29) is 12.3 Å². The summed E-state index contributed by atoms with van der Waals surface area (Å²) in [5, 5.41) is 22.6. The van der Waals surface area contributed by atoms with Crippen LogP contribution in [0.3, 0.4) is 0 Å². The number of hydrogen-bond donors (Lipinski definition) is 2. The molecule has 1 heterocycles. The molecular formula is C14H19N4O3+. The third-order valence-corrected chi connectivity index (χ3v) is 3.10. The van der Waals surface area contributed by atoms with E-state index < -0.39 is 4.92 Å². The molecule has 112 valence electrons. The van der Waals surface area contributed by atoms with Crippen molar-refractivity contribution in [2.24, 2.45) is 0 Å². The zero-order chi connectivity index (χ0) is 15.1. The summed E-state index contributed by atoms with van der Waals surface area (Å²) in [5.74, 6) is 0.